The lowest BCUT2D eigenvalue weighted by molar-refractivity contribution is 0.619. The van der Waals surface area contributed by atoms with Gasteiger partial charge in [-0.25, -0.2) is 4.39 Å². The molecule has 0 saturated heterocycles. The number of hydrogen-bond donors (Lipinski definition) is 0. The minimum atomic E-state index is -0.278. The fourth-order valence-corrected chi connectivity index (χ4v) is 2.74. The fraction of sp³-hybridized carbons (Fsp3) is 0.0714. The van der Waals surface area contributed by atoms with E-state index in [4.69, 9.17) is 11.6 Å². The van der Waals surface area contributed by atoms with Crippen LogP contribution in [0.25, 0.3) is 0 Å². The van der Waals surface area contributed by atoms with E-state index in [2.05, 4.69) is 31.9 Å². The molecule has 0 amide bonds. The predicted molar refractivity (Wildman–Crippen MR) is 80.4 cm³/mol. The van der Waals surface area contributed by atoms with E-state index in [1.807, 2.05) is 31.2 Å². The molecule has 0 aromatic heterocycles. The molecule has 0 fully saturated rings. The summed E-state index contributed by atoms with van der Waals surface area (Å²) in [5, 5.41) is 0.644. The van der Waals surface area contributed by atoms with Gasteiger partial charge in [0.2, 0.25) is 0 Å². The quantitative estimate of drug-likeness (QED) is 0.589. The molecule has 2 aromatic rings. The molecule has 0 heterocycles. The van der Waals surface area contributed by atoms with Crippen LogP contribution in [-0.4, -0.2) is 0 Å². The normalized spacial score (nSPS) is 11.0. The Kier molecular flexibility index (Phi) is 4.46. The summed E-state index contributed by atoms with van der Waals surface area (Å²) >= 11 is 12.7. The molecule has 0 N–H and O–H groups in total. The van der Waals surface area contributed by atoms with E-state index < -0.39 is 0 Å². The molecule has 0 nitrogen and oxygen atoms in total. The van der Waals surface area contributed by atoms with Crippen LogP contribution in [0.4, 0.5) is 4.39 Å². The average molecular weight is 391 g/mol. The van der Waals surface area contributed by atoms with E-state index in [0.29, 0.717) is 9.50 Å². The maximum Gasteiger partial charge on any atom is 0.137 e. The number of hydrogen-bond acceptors (Lipinski definition) is 0. The molecule has 0 saturated carbocycles. The van der Waals surface area contributed by atoms with E-state index >= 15 is 0 Å². The zero-order valence-corrected chi connectivity index (χ0v) is 13.4. The molecule has 93 valence electrons. The largest absolute Gasteiger partial charge is 0.206 e. The summed E-state index contributed by atoms with van der Waals surface area (Å²) in [5.41, 5.74) is 1.72. The van der Waals surface area contributed by atoms with Gasteiger partial charge in [-0.15, -0.1) is 0 Å². The monoisotopic (exact) mass is 389 g/mol. The first-order chi connectivity index (χ1) is 8.49. The standard InChI is InChI=1S/C14H9Br2ClF/c1-8(9-2-5-12(16)14(18)6-9)11-4-3-10(15)7-13(11)17/h2-7H,1H3. The smallest absolute Gasteiger partial charge is 0.137 e. The molecule has 1 radical (unpaired) electrons. The highest BCUT2D eigenvalue weighted by molar-refractivity contribution is 9.10. The van der Waals surface area contributed by atoms with Crippen molar-refractivity contribution in [3.8, 4) is 0 Å². The maximum absolute atomic E-state index is 13.5. The Hall–Kier alpha value is -0.380. The zero-order valence-electron chi connectivity index (χ0n) is 9.48. The molecule has 2 aromatic carbocycles. The Balaban J connectivity index is 2.41. The summed E-state index contributed by atoms with van der Waals surface area (Å²) in [6.07, 6.45) is 0. The summed E-state index contributed by atoms with van der Waals surface area (Å²) < 4.78 is 14.9. The molecule has 18 heavy (non-hydrogen) atoms. The Labute approximate surface area is 127 Å². The summed E-state index contributed by atoms with van der Waals surface area (Å²) in [4.78, 5) is 0. The van der Waals surface area contributed by atoms with Gasteiger partial charge < -0.3 is 0 Å². The van der Waals surface area contributed by atoms with Crippen molar-refractivity contribution in [1.29, 1.82) is 0 Å². The molecular formula is C14H9Br2ClF. The van der Waals surface area contributed by atoms with Crippen LogP contribution in [0.15, 0.2) is 45.3 Å². The van der Waals surface area contributed by atoms with Crippen LogP contribution in [0.3, 0.4) is 0 Å². The highest BCUT2D eigenvalue weighted by atomic mass is 79.9. The van der Waals surface area contributed by atoms with E-state index in [-0.39, 0.29) is 5.82 Å². The summed E-state index contributed by atoms with van der Waals surface area (Å²) in [6.45, 7) is 1.93. The van der Waals surface area contributed by atoms with Crippen LogP contribution < -0.4 is 0 Å². The molecule has 0 unspecified atom stereocenters. The SMILES string of the molecule is C[C](c1ccc(Br)c(F)c1)c1ccc(Br)cc1Cl. The van der Waals surface area contributed by atoms with Gasteiger partial charge in [-0.05, 0) is 51.3 Å². The molecule has 0 aliphatic rings. The van der Waals surface area contributed by atoms with Gasteiger partial charge in [0.25, 0.3) is 0 Å². The van der Waals surface area contributed by atoms with E-state index in [9.17, 15) is 4.39 Å². The van der Waals surface area contributed by atoms with Crippen LogP contribution in [-0.2, 0) is 0 Å². The molecular weight excluding hydrogens is 382 g/mol. The van der Waals surface area contributed by atoms with Gasteiger partial charge in [0.15, 0.2) is 0 Å². The van der Waals surface area contributed by atoms with Crippen LogP contribution in [0, 0.1) is 11.7 Å². The Morgan fingerprint density at radius 3 is 2.44 bits per heavy atom. The van der Waals surface area contributed by atoms with E-state index in [1.54, 1.807) is 6.07 Å². The third kappa shape index (κ3) is 2.95. The summed E-state index contributed by atoms with van der Waals surface area (Å²) in [6, 6.07) is 10.7. The lowest BCUT2D eigenvalue weighted by Crippen LogP contribution is -1.99. The molecule has 0 aliphatic heterocycles. The van der Waals surface area contributed by atoms with Crippen molar-refractivity contribution in [2.45, 2.75) is 6.92 Å². The number of halogens is 4. The van der Waals surface area contributed by atoms with Crippen LogP contribution in [0.2, 0.25) is 5.02 Å². The van der Waals surface area contributed by atoms with Gasteiger partial charge in [-0.3, -0.25) is 0 Å². The first-order valence-corrected chi connectivity index (χ1v) is 7.20. The lowest BCUT2D eigenvalue weighted by Gasteiger charge is -2.14. The van der Waals surface area contributed by atoms with Gasteiger partial charge in [-0.2, -0.15) is 0 Å². The highest BCUT2D eigenvalue weighted by Gasteiger charge is 2.14. The van der Waals surface area contributed by atoms with Crippen LogP contribution in [0.5, 0.6) is 0 Å². The van der Waals surface area contributed by atoms with Crippen molar-refractivity contribution in [2.24, 2.45) is 0 Å². The Bertz CT molecular complexity index is 584. The molecule has 4 heteroatoms. The Morgan fingerprint density at radius 1 is 1.11 bits per heavy atom. The van der Waals surface area contributed by atoms with Crippen molar-refractivity contribution < 1.29 is 4.39 Å². The van der Waals surface area contributed by atoms with Crippen molar-refractivity contribution >= 4 is 43.5 Å². The fourth-order valence-electron chi connectivity index (χ4n) is 1.68. The van der Waals surface area contributed by atoms with Crippen molar-refractivity contribution in [3.63, 3.8) is 0 Å². The number of rotatable bonds is 2. The minimum absolute atomic E-state index is 0.278. The third-order valence-electron chi connectivity index (χ3n) is 2.69. The summed E-state index contributed by atoms with van der Waals surface area (Å²) in [7, 11) is 0. The first kappa shape index (κ1) is 14.0. The van der Waals surface area contributed by atoms with Gasteiger partial charge in [-0.1, -0.05) is 46.6 Å². The minimum Gasteiger partial charge on any atom is -0.206 e. The number of benzene rings is 2. The second-order valence-corrected chi connectivity index (χ2v) is 6.06. The highest BCUT2D eigenvalue weighted by Crippen LogP contribution is 2.32. The van der Waals surface area contributed by atoms with E-state index in [0.717, 1.165) is 21.5 Å². The van der Waals surface area contributed by atoms with Gasteiger partial charge in [0, 0.05) is 15.4 Å². The van der Waals surface area contributed by atoms with Crippen LogP contribution in [0.1, 0.15) is 18.1 Å². The van der Waals surface area contributed by atoms with E-state index in [1.165, 1.54) is 6.07 Å². The molecule has 0 bridgehead atoms. The third-order valence-corrected chi connectivity index (χ3v) is 4.14. The van der Waals surface area contributed by atoms with Gasteiger partial charge in [0.05, 0.1) is 4.47 Å². The molecule has 0 spiro atoms. The average Bonchev–Trinajstić information content (AvgIpc) is 2.32. The van der Waals surface area contributed by atoms with Crippen molar-refractivity contribution in [3.05, 3.63) is 73.2 Å². The van der Waals surface area contributed by atoms with Gasteiger partial charge >= 0.3 is 0 Å². The molecule has 0 aliphatic carbocycles. The molecule has 0 atom stereocenters. The van der Waals surface area contributed by atoms with Crippen molar-refractivity contribution in [1.82, 2.24) is 0 Å². The summed E-state index contributed by atoms with van der Waals surface area (Å²) in [5.74, 6) is 0.666. The Morgan fingerprint density at radius 2 is 1.83 bits per heavy atom. The maximum atomic E-state index is 13.5. The second-order valence-electron chi connectivity index (χ2n) is 3.88. The predicted octanol–water partition coefficient (Wildman–Crippen LogP) is 5.99. The molecule has 2 rings (SSSR count). The van der Waals surface area contributed by atoms with Crippen molar-refractivity contribution in [2.75, 3.05) is 0 Å². The topological polar surface area (TPSA) is 0 Å². The second kappa shape index (κ2) is 5.72. The zero-order chi connectivity index (χ0) is 13.3. The first-order valence-electron chi connectivity index (χ1n) is 5.23. The lowest BCUT2D eigenvalue weighted by atomic mass is 9.93. The van der Waals surface area contributed by atoms with Gasteiger partial charge in [0.1, 0.15) is 5.82 Å². The van der Waals surface area contributed by atoms with Crippen LogP contribution >= 0.6 is 43.5 Å².